The summed E-state index contributed by atoms with van der Waals surface area (Å²) in [4.78, 5) is 0. The summed E-state index contributed by atoms with van der Waals surface area (Å²) in [5, 5.41) is 0. The monoisotopic (exact) mass is 100.0 g/mol. The third kappa shape index (κ3) is 3.72. The van der Waals surface area contributed by atoms with Crippen LogP contribution in [0.25, 0.3) is 0 Å². The van der Waals surface area contributed by atoms with Gasteiger partial charge in [-0.05, 0) is 0 Å². The maximum Gasteiger partial charge on any atom is 0.430 e. The van der Waals surface area contributed by atoms with Gasteiger partial charge in [-0.2, -0.15) is 13.2 Å². The Labute approximate surface area is 31.8 Å². The lowest BCUT2D eigenvalue weighted by Crippen LogP contribution is -2.02. The zero-order chi connectivity index (χ0) is 5.21. The molecule has 0 heterocycles. The molecule has 0 fully saturated rings. The van der Waals surface area contributed by atoms with Crippen LogP contribution in [0.3, 0.4) is 0 Å². The summed E-state index contributed by atoms with van der Waals surface area (Å²) in [7, 11) is 0. The lowest BCUT2D eigenvalue weighted by molar-refractivity contribution is -0.114. The van der Waals surface area contributed by atoms with Gasteiger partial charge < -0.3 is 0 Å². The predicted octanol–water partition coefficient (Wildman–Crippen LogP) is 1.56. The second-order valence-electron chi connectivity index (χ2n) is 0.592. The van der Waals surface area contributed by atoms with Crippen molar-refractivity contribution in [3.8, 4) is 0 Å². The maximum atomic E-state index is 10.3. The topological polar surface area (TPSA) is 0 Å². The summed E-state index contributed by atoms with van der Waals surface area (Å²) < 4.78 is 41.0. The smallest absolute Gasteiger partial charge is 0.225 e. The highest BCUT2D eigenvalue weighted by atomic mass is 19.4. The van der Waals surface area contributed by atoms with Crippen molar-refractivity contribution in [2.75, 3.05) is 0 Å². The summed E-state index contributed by atoms with van der Waals surface area (Å²) in [5.41, 5.74) is 0. The molecule has 0 N–H and O–H groups in total. The Morgan fingerprint density at radius 1 is 1.17 bits per heavy atom. The molecule has 0 saturated carbocycles. The Kier molecular flexibility index (Phi) is 1.38. The van der Waals surface area contributed by atoms with E-state index in [4.69, 9.17) is 0 Å². The molecule has 0 aliphatic rings. The van der Waals surface area contributed by atoms with E-state index < -0.39 is 12.9 Å². The van der Waals surface area contributed by atoms with E-state index in [2.05, 4.69) is 0 Å². The van der Waals surface area contributed by atoms with E-state index in [1.807, 2.05) is 0 Å². The van der Waals surface area contributed by atoms with Crippen LogP contribution in [0.1, 0.15) is 0 Å². The van der Waals surface area contributed by atoms with Gasteiger partial charge in [0, 0.05) is 0 Å². The van der Waals surface area contributed by atoms with E-state index in [1.54, 1.807) is 0 Å². The van der Waals surface area contributed by atoms with Crippen molar-refractivity contribution in [3.63, 3.8) is 0 Å². The first kappa shape index (κ1) is 5.72. The van der Waals surface area contributed by atoms with Gasteiger partial charge in [0.1, 0.15) is 0 Å². The van der Waals surface area contributed by atoms with Crippen LogP contribution in [0.5, 0.6) is 0 Å². The predicted molar refractivity (Wildman–Crippen MR) is 10.4 cm³/mol. The molecule has 6 heavy (non-hydrogen) atoms. The molecule has 0 aromatic rings. The molecule has 0 nitrogen and oxygen atoms in total. The van der Waals surface area contributed by atoms with Gasteiger partial charge in [-0.1, -0.05) is 0 Å². The largest absolute Gasteiger partial charge is 0.430 e. The minimum atomic E-state index is -4.88. The van der Waals surface area contributed by atoms with Crippen LogP contribution < -0.4 is 0 Å². The first-order valence-electron chi connectivity index (χ1n) is 1.01. The summed E-state index contributed by atoms with van der Waals surface area (Å²) in [6, 6.07) is 0. The van der Waals surface area contributed by atoms with Gasteiger partial charge in [0.15, 0.2) is 0 Å². The molecule has 0 spiro atoms. The Balaban J connectivity index is 3.17. The highest BCUT2D eigenvalue weighted by Gasteiger charge is 2.29. The van der Waals surface area contributed by atoms with Gasteiger partial charge in [-0.15, -0.1) is 0 Å². The van der Waals surface area contributed by atoms with Gasteiger partial charge >= 0.3 is 6.18 Å². The fourth-order valence-electron chi connectivity index (χ4n) is 0. The van der Waals surface area contributed by atoms with Crippen LogP contribution in [0.2, 0.25) is 0 Å². The van der Waals surface area contributed by atoms with Crippen LogP contribution in [0.4, 0.5) is 17.6 Å². The first-order chi connectivity index (χ1) is 2.56. The normalized spacial score (nSPS) is 12.0. The summed E-state index contributed by atoms with van der Waals surface area (Å²) in [6.07, 6.45) is -4.88. The van der Waals surface area contributed by atoms with Crippen LogP contribution in [0, 0.1) is 6.67 Å². The molecule has 0 aliphatic carbocycles. The van der Waals surface area contributed by atoms with Crippen LogP contribution in [-0.4, -0.2) is 6.18 Å². The van der Waals surface area contributed by atoms with E-state index in [0.717, 1.165) is 0 Å². The SMILES string of the molecule is F[C]C(F)(F)F. The fraction of sp³-hybridized carbons (Fsp3) is 0.500. The van der Waals surface area contributed by atoms with Crippen molar-refractivity contribution in [1.82, 2.24) is 0 Å². The van der Waals surface area contributed by atoms with Crippen molar-refractivity contribution >= 4 is 0 Å². The summed E-state index contributed by atoms with van der Waals surface area (Å²) in [6.45, 7) is -0.396. The quantitative estimate of drug-likeness (QED) is 0.405. The van der Waals surface area contributed by atoms with Crippen molar-refractivity contribution in [3.05, 3.63) is 6.67 Å². The summed E-state index contributed by atoms with van der Waals surface area (Å²) >= 11 is 0. The second kappa shape index (κ2) is 1.45. The molecule has 0 saturated heterocycles. The van der Waals surface area contributed by atoms with Gasteiger partial charge in [0.2, 0.25) is 0 Å². The van der Waals surface area contributed by atoms with Crippen LogP contribution in [0.15, 0.2) is 0 Å². The lowest BCUT2D eigenvalue weighted by atomic mass is 10.8. The van der Waals surface area contributed by atoms with Crippen molar-refractivity contribution in [2.24, 2.45) is 0 Å². The molecule has 4 heteroatoms. The van der Waals surface area contributed by atoms with E-state index in [9.17, 15) is 17.6 Å². The third-order valence-corrected chi connectivity index (χ3v) is 0.107. The van der Waals surface area contributed by atoms with Crippen molar-refractivity contribution in [1.29, 1.82) is 0 Å². The average Bonchev–Trinajstić information content (AvgIpc) is 1.35. The molecule has 0 atom stereocenters. The standard InChI is InChI=1S/C2F4/c3-1-2(4,5)6. The minimum absolute atomic E-state index is 0.396. The Morgan fingerprint density at radius 3 is 1.33 bits per heavy atom. The molecular formula is C2F4. The molecule has 0 bridgehead atoms. The Hall–Kier alpha value is -0.280. The zero-order valence-corrected chi connectivity index (χ0v) is 2.51. The molecular weight excluding hydrogens is 100 g/mol. The molecule has 0 amide bonds. The Bertz CT molecular complexity index is 35.3. The fourth-order valence-corrected chi connectivity index (χ4v) is 0. The zero-order valence-electron chi connectivity index (χ0n) is 2.51. The number of alkyl halides is 3. The van der Waals surface area contributed by atoms with Crippen LogP contribution >= 0.6 is 0 Å². The van der Waals surface area contributed by atoms with E-state index in [1.165, 1.54) is 0 Å². The van der Waals surface area contributed by atoms with Gasteiger partial charge in [0.05, 0.1) is 0 Å². The highest BCUT2D eigenvalue weighted by molar-refractivity contribution is 4.57. The van der Waals surface area contributed by atoms with Crippen LogP contribution in [-0.2, 0) is 0 Å². The second-order valence-corrected chi connectivity index (χ2v) is 0.592. The van der Waals surface area contributed by atoms with Crippen molar-refractivity contribution < 1.29 is 17.6 Å². The maximum absolute atomic E-state index is 10.3. The first-order valence-corrected chi connectivity index (χ1v) is 1.01. The number of halogens is 4. The minimum Gasteiger partial charge on any atom is -0.225 e. The van der Waals surface area contributed by atoms with Gasteiger partial charge in [-0.25, -0.2) is 4.39 Å². The molecule has 0 aromatic carbocycles. The number of hydrogen-bond acceptors (Lipinski definition) is 0. The molecule has 2 radical (unpaired) electrons. The van der Waals surface area contributed by atoms with E-state index in [-0.39, 0.29) is 0 Å². The average molecular weight is 100 g/mol. The number of hydrogen-bond donors (Lipinski definition) is 0. The highest BCUT2D eigenvalue weighted by Crippen LogP contribution is 2.17. The van der Waals surface area contributed by atoms with Crippen molar-refractivity contribution in [2.45, 2.75) is 6.18 Å². The molecule has 0 aromatic heterocycles. The summed E-state index contributed by atoms with van der Waals surface area (Å²) in [5.74, 6) is 0. The molecule has 0 rings (SSSR count). The molecule has 0 unspecified atom stereocenters. The number of rotatable bonds is 0. The van der Waals surface area contributed by atoms with Gasteiger partial charge in [-0.3, -0.25) is 0 Å². The van der Waals surface area contributed by atoms with Gasteiger partial charge in [0.25, 0.3) is 6.67 Å². The van der Waals surface area contributed by atoms with E-state index in [0.29, 0.717) is 0 Å². The van der Waals surface area contributed by atoms with E-state index >= 15 is 0 Å². The third-order valence-electron chi connectivity index (χ3n) is 0.107. The molecule has 36 valence electrons. The molecule has 0 aliphatic heterocycles. The Morgan fingerprint density at radius 2 is 1.33 bits per heavy atom. The lowest BCUT2D eigenvalue weighted by Gasteiger charge is -1.91.